The summed E-state index contributed by atoms with van der Waals surface area (Å²) in [6.07, 6.45) is 0. The van der Waals surface area contributed by atoms with Gasteiger partial charge < -0.3 is 20.5 Å². The Morgan fingerprint density at radius 1 is 1.50 bits per heavy atom. The van der Waals surface area contributed by atoms with Crippen LogP contribution in [0.2, 0.25) is 0 Å². The third kappa shape index (κ3) is 2.60. The summed E-state index contributed by atoms with van der Waals surface area (Å²) in [5, 5.41) is 16.0. The van der Waals surface area contributed by atoms with Gasteiger partial charge in [0.1, 0.15) is 5.78 Å². The van der Waals surface area contributed by atoms with E-state index in [1.807, 2.05) is 0 Å². The molecule has 3 N–H and O–H groups in total. The molecule has 20 heavy (non-hydrogen) atoms. The minimum absolute atomic E-state index is 0.0189. The van der Waals surface area contributed by atoms with Crippen LogP contribution < -0.4 is 15.4 Å². The topological polar surface area (TPSA) is 70.6 Å². The Balaban J connectivity index is 2.44. The van der Waals surface area contributed by atoms with Crippen LogP contribution in [0.3, 0.4) is 0 Å². The molecule has 0 aromatic heterocycles. The van der Waals surface area contributed by atoms with E-state index < -0.39 is 5.92 Å². The van der Waals surface area contributed by atoms with Gasteiger partial charge in [-0.05, 0) is 36.8 Å². The van der Waals surface area contributed by atoms with Crippen LogP contribution in [-0.2, 0) is 4.79 Å². The van der Waals surface area contributed by atoms with E-state index in [1.54, 1.807) is 12.1 Å². The molecule has 1 aliphatic rings. The van der Waals surface area contributed by atoms with E-state index in [0.717, 1.165) is 5.56 Å². The van der Waals surface area contributed by atoms with Crippen molar-refractivity contribution in [2.24, 2.45) is 5.92 Å². The Kier molecular flexibility index (Phi) is 3.94. The largest absolute Gasteiger partial charge is 0.504 e. The standard InChI is InChI=1S/C14H16N2O3S/c1-7-12(8(2)17)13(16-14(20)15-7)9-4-5-10(18)11(6-9)19-3/h4-6,12-13,18H,1H2,2-3H3,(H2,15,16,20). The molecule has 1 fully saturated rings. The molecule has 1 aromatic carbocycles. The highest BCUT2D eigenvalue weighted by Crippen LogP contribution is 2.34. The zero-order valence-electron chi connectivity index (χ0n) is 11.3. The summed E-state index contributed by atoms with van der Waals surface area (Å²) in [7, 11) is 1.47. The number of hydrogen-bond donors (Lipinski definition) is 3. The number of nitrogens with one attached hydrogen (secondary N) is 2. The fourth-order valence-electron chi connectivity index (χ4n) is 2.33. The SMILES string of the molecule is C=C1NC(=S)NC(c2ccc(O)c(OC)c2)C1C(C)=O. The van der Waals surface area contributed by atoms with E-state index in [-0.39, 0.29) is 17.6 Å². The van der Waals surface area contributed by atoms with Gasteiger partial charge in [-0.3, -0.25) is 4.79 Å². The van der Waals surface area contributed by atoms with Crippen molar-refractivity contribution in [3.05, 3.63) is 36.0 Å². The van der Waals surface area contributed by atoms with Gasteiger partial charge in [0.25, 0.3) is 0 Å². The number of rotatable bonds is 3. The van der Waals surface area contributed by atoms with Crippen molar-refractivity contribution in [2.45, 2.75) is 13.0 Å². The number of carbonyl (C=O) groups excluding carboxylic acids is 1. The van der Waals surface area contributed by atoms with Gasteiger partial charge in [0.05, 0.1) is 19.1 Å². The molecule has 0 aliphatic carbocycles. The van der Waals surface area contributed by atoms with E-state index in [2.05, 4.69) is 17.2 Å². The molecule has 0 bridgehead atoms. The van der Waals surface area contributed by atoms with Gasteiger partial charge in [-0.2, -0.15) is 0 Å². The Morgan fingerprint density at radius 3 is 2.80 bits per heavy atom. The fourth-order valence-corrected chi connectivity index (χ4v) is 2.59. The van der Waals surface area contributed by atoms with Crippen LogP contribution in [-0.4, -0.2) is 23.1 Å². The van der Waals surface area contributed by atoms with Gasteiger partial charge in [-0.25, -0.2) is 0 Å². The number of phenolic OH excluding ortho intramolecular Hbond substituents is 1. The smallest absolute Gasteiger partial charge is 0.171 e. The van der Waals surface area contributed by atoms with Crippen LogP contribution in [0.4, 0.5) is 0 Å². The summed E-state index contributed by atoms with van der Waals surface area (Å²) in [5.41, 5.74) is 1.36. The lowest BCUT2D eigenvalue weighted by Crippen LogP contribution is -2.50. The Hall–Kier alpha value is -2.08. The van der Waals surface area contributed by atoms with Crippen LogP contribution in [0.15, 0.2) is 30.5 Å². The number of hydrogen-bond acceptors (Lipinski definition) is 4. The summed E-state index contributed by atoms with van der Waals surface area (Å²) in [4.78, 5) is 11.9. The van der Waals surface area contributed by atoms with Crippen molar-refractivity contribution in [3.8, 4) is 11.5 Å². The predicted octanol–water partition coefficient (Wildman–Crippen LogP) is 1.64. The van der Waals surface area contributed by atoms with Crippen LogP contribution in [0.1, 0.15) is 18.5 Å². The molecular weight excluding hydrogens is 276 g/mol. The van der Waals surface area contributed by atoms with Crippen LogP contribution in [0.5, 0.6) is 11.5 Å². The molecule has 5 nitrogen and oxygen atoms in total. The maximum Gasteiger partial charge on any atom is 0.171 e. The van der Waals surface area contributed by atoms with Crippen molar-refractivity contribution in [2.75, 3.05) is 7.11 Å². The maximum atomic E-state index is 11.9. The zero-order valence-corrected chi connectivity index (χ0v) is 12.1. The second-order valence-electron chi connectivity index (χ2n) is 4.62. The van der Waals surface area contributed by atoms with Crippen LogP contribution in [0.25, 0.3) is 0 Å². The first kappa shape index (κ1) is 14.3. The zero-order chi connectivity index (χ0) is 14.9. The van der Waals surface area contributed by atoms with Crippen LogP contribution >= 0.6 is 12.2 Å². The minimum Gasteiger partial charge on any atom is -0.504 e. The van der Waals surface area contributed by atoms with E-state index in [9.17, 15) is 9.90 Å². The Morgan fingerprint density at radius 2 is 2.20 bits per heavy atom. The van der Waals surface area contributed by atoms with Gasteiger partial charge in [-0.1, -0.05) is 12.6 Å². The molecule has 0 saturated carbocycles. The van der Waals surface area contributed by atoms with E-state index in [4.69, 9.17) is 17.0 Å². The molecule has 2 atom stereocenters. The lowest BCUT2D eigenvalue weighted by Gasteiger charge is -2.35. The molecule has 2 unspecified atom stereocenters. The van der Waals surface area contributed by atoms with E-state index in [0.29, 0.717) is 16.6 Å². The number of Topliss-reactive ketones (excluding diaryl/α,β-unsaturated/α-hetero) is 1. The maximum absolute atomic E-state index is 11.9. The number of ketones is 1. The molecule has 1 heterocycles. The van der Waals surface area contributed by atoms with Crippen molar-refractivity contribution in [1.29, 1.82) is 0 Å². The van der Waals surface area contributed by atoms with Gasteiger partial charge in [-0.15, -0.1) is 0 Å². The van der Waals surface area contributed by atoms with Crippen molar-refractivity contribution in [3.63, 3.8) is 0 Å². The highest BCUT2D eigenvalue weighted by atomic mass is 32.1. The van der Waals surface area contributed by atoms with Crippen molar-refractivity contribution in [1.82, 2.24) is 10.6 Å². The summed E-state index contributed by atoms with van der Waals surface area (Å²) in [6.45, 7) is 5.38. The first-order valence-electron chi connectivity index (χ1n) is 6.07. The monoisotopic (exact) mass is 292 g/mol. The summed E-state index contributed by atoms with van der Waals surface area (Å²) < 4.78 is 5.09. The normalized spacial score (nSPS) is 21.9. The number of methoxy groups -OCH3 is 1. The third-order valence-electron chi connectivity index (χ3n) is 3.27. The van der Waals surface area contributed by atoms with Crippen molar-refractivity contribution < 1.29 is 14.6 Å². The number of carbonyl (C=O) groups is 1. The fraction of sp³-hybridized carbons (Fsp3) is 0.286. The summed E-state index contributed by atoms with van der Waals surface area (Å²) >= 11 is 5.11. The van der Waals surface area contributed by atoms with Gasteiger partial charge >= 0.3 is 0 Å². The molecule has 0 amide bonds. The molecule has 1 aromatic rings. The van der Waals surface area contributed by atoms with Gasteiger partial charge in [0.2, 0.25) is 0 Å². The minimum atomic E-state index is -0.434. The lowest BCUT2D eigenvalue weighted by atomic mass is 9.86. The average Bonchev–Trinajstić information content (AvgIpc) is 2.37. The molecule has 1 saturated heterocycles. The van der Waals surface area contributed by atoms with Crippen LogP contribution in [0, 0.1) is 5.92 Å². The predicted molar refractivity (Wildman–Crippen MR) is 79.6 cm³/mol. The number of benzene rings is 1. The van der Waals surface area contributed by atoms with Gasteiger partial charge in [0, 0.05) is 5.70 Å². The molecule has 6 heteroatoms. The Bertz CT molecular complexity index is 586. The molecule has 1 aliphatic heterocycles. The molecule has 106 valence electrons. The highest BCUT2D eigenvalue weighted by molar-refractivity contribution is 7.80. The molecular formula is C14H16N2O3S. The van der Waals surface area contributed by atoms with Gasteiger partial charge in [0.15, 0.2) is 16.6 Å². The number of thiocarbonyl (C=S) groups is 1. The second kappa shape index (κ2) is 5.50. The number of aromatic hydroxyl groups is 1. The summed E-state index contributed by atoms with van der Waals surface area (Å²) in [6, 6.07) is 4.61. The number of ether oxygens (including phenoxy) is 1. The van der Waals surface area contributed by atoms with Crippen molar-refractivity contribution >= 4 is 23.1 Å². The first-order valence-corrected chi connectivity index (χ1v) is 6.48. The molecule has 0 spiro atoms. The Labute approximate surface area is 122 Å². The first-order chi connectivity index (χ1) is 9.43. The quantitative estimate of drug-likeness (QED) is 0.736. The number of phenols is 1. The molecule has 0 radical (unpaired) electrons. The molecule has 2 rings (SSSR count). The summed E-state index contributed by atoms with van der Waals surface area (Å²) in [5.74, 6) is -0.0573. The highest BCUT2D eigenvalue weighted by Gasteiger charge is 2.34. The second-order valence-corrected chi connectivity index (χ2v) is 5.03. The average molecular weight is 292 g/mol. The van der Waals surface area contributed by atoms with E-state index in [1.165, 1.54) is 20.1 Å². The lowest BCUT2D eigenvalue weighted by molar-refractivity contribution is -0.120. The third-order valence-corrected chi connectivity index (χ3v) is 3.49. The van der Waals surface area contributed by atoms with E-state index >= 15 is 0 Å².